The topological polar surface area (TPSA) is 81.7 Å². The number of carbonyl (C=O) groups excluding carboxylic acids is 1. The first kappa shape index (κ1) is 18.8. The second-order valence-electron chi connectivity index (χ2n) is 7.72. The van der Waals surface area contributed by atoms with Gasteiger partial charge in [0.15, 0.2) is 32.3 Å². The predicted molar refractivity (Wildman–Crippen MR) is 104 cm³/mol. The largest absolute Gasteiger partial charge is 0.493 e. The third kappa shape index (κ3) is 2.76. The van der Waals surface area contributed by atoms with E-state index in [0.29, 0.717) is 23.5 Å². The number of methoxy groups -OCH3 is 1. The van der Waals surface area contributed by atoms with E-state index in [1.54, 1.807) is 37.3 Å². The molecule has 4 rings (SSSR count). The van der Waals surface area contributed by atoms with Gasteiger partial charge in [0, 0.05) is 17.9 Å². The Kier molecular flexibility index (Phi) is 4.19. The van der Waals surface area contributed by atoms with E-state index in [4.69, 9.17) is 9.47 Å². The molecule has 2 aromatic carbocycles. The van der Waals surface area contributed by atoms with Gasteiger partial charge >= 0.3 is 0 Å². The highest BCUT2D eigenvalue weighted by Crippen LogP contribution is 2.50. The van der Waals surface area contributed by atoms with E-state index in [1.165, 1.54) is 7.11 Å². The quantitative estimate of drug-likeness (QED) is 0.855. The number of fused-ring (bicyclic) bond motifs is 4. The lowest BCUT2D eigenvalue weighted by Gasteiger charge is -2.47. The van der Waals surface area contributed by atoms with Gasteiger partial charge in [0.05, 0.1) is 12.0 Å². The summed E-state index contributed by atoms with van der Waals surface area (Å²) < 4.78 is 38.4. The van der Waals surface area contributed by atoms with Crippen molar-refractivity contribution in [2.24, 2.45) is 0 Å². The van der Waals surface area contributed by atoms with Crippen LogP contribution >= 0.6 is 0 Å². The van der Waals surface area contributed by atoms with Gasteiger partial charge in [-0.3, -0.25) is 4.79 Å². The van der Waals surface area contributed by atoms with Crippen LogP contribution in [0.25, 0.3) is 0 Å². The average Bonchev–Trinajstić information content (AvgIpc) is 2.62. The molecule has 1 saturated heterocycles. The molecule has 2 heterocycles. The molecule has 2 bridgehead atoms. The molecule has 0 spiro atoms. The highest BCUT2D eigenvalue weighted by Gasteiger charge is 2.54. The minimum absolute atomic E-state index is 0.162. The molecule has 0 saturated carbocycles. The van der Waals surface area contributed by atoms with Crippen molar-refractivity contribution < 1.29 is 22.7 Å². The van der Waals surface area contributed by atoms with E-state index in [1.807, 2.05) is 19.9 Å². The van der Waals surface area contributed by atoms with E-state index >= 15 is 0 Å². The number of hydrogen-bond donors (Lipinski definition) is 1. The molecule has 0 radical (unpaired) electrons. The number of amides is 1. The van der Waals surface area contributed by atoms with Gasteiger partial charge < -0.3 is 14.8 Å². The van der Waals surface area contributed by atoms with Crippen LogP contribution in [0.5, 0.6) is 11.5 Å². The van der Waals surface area contributed by atoms with Gasteiger partial charge in [0.2, 0.25) is 5.91 Å². The fourth-order valence-electron chi connectivity index (χ4n) is 4.15. The van der Waals surface area contributed by atoms with E-state index in [2.05, 4.69) is 5.32 Å². The summed E-state index contributed by atoms with van der Waals surface area (Å²) in [5.41, 5.74) is 1.58. The summed E-state index contributed by atoms with van der Waals surface area (Å²) in [4.78, 5) is 13.1. The molecule has 0 aliphatic carbocycles. The SMILES string of the molecule is COc1cccc2c1O[C@@]1(C)C[C@@H]2[C@@H](S(=O)(=O)c2ccc(C)c(C)c2)C(=O)N1. The molecule has 1 amide bonds. The highest BCUT2D eigenvalue weighted by atomic mass is 32.2. The first-order valence-electron chi connectivity index (χ1n) is 9.15. The monoisotopic (exact) mass is 401 g/mol. The van der Waals surface area contributed by atoms with Crippen molar-refractivity contribution in [2.75, 3.05) is 7.11 Å². The number of para-hydroxylation sites is 1. The van der Waals surface area contributed by atoms with Crippen LogP contribution in [0.4, 0.5) is 0 Å². The van der Waals surface area contributed by atoms with Crippen molar-refractivity contribution in [1.82, 2.24) is 5.32 Å². The van der Waals surface area contributed by atoms with Crippen molar-refractivity contribution in [1.29, 1.82) is 0 Å². The van der Waals surface area contributed by atoms with Crippen molar-refractivity contribution in [3.8, 4) is 11.5 Å². The Morgan fingerprint density at radius 1 is 1.18 bits per heavy atom. The minimum Gasteiger partial charge on any atom is -0.493 e. The summed E-state index contributed by atoms with van der Waals surface area (Å²) in [6.45, 7) is 5.54. The molecule has 1 N–H and O–H groups in total. The van der Waals surface area contributed by atoms with Gasteiger partial charge in [-0.25, -0.2) is 8.42 Å². The lowest BCUT2D eigenvalue weighted by atomic mass is 9.81. The smallest absolute Gasteiger partial charge is 0.242 e. The first-order valence-corrected chi connectivity index (χ1v) is 10.7. The van der Waals surface area contributed by atoms with Crippen LogP contribution in [-0.2, 0) is 14.6 Å². The molecular formula is C21H23NO5S. The van der Waals surface area contributed by atoms with Crippen molar-refractivity contribution >= 4 is 15.7 Å². The third-order valence-corrected chi connectivity index (χ3v) is 7.84. The standard InChI is InChI=1S/C21H23NO5S/c1-12-8-9-14(10-13(12)2)28(24,25)19-16-11-21(3,22-20(19)23)27-18-15(16)6-5-7-17(18)26-4/h5-10,16,19H,11H2,1-4H3,(H,22,23)/t16-,19+,21-/m0/s1. The summed E-state index contributed by atoms with van der Waals surface area (Å²) in [5.74, 6) is -0.0504. The van der Waals surface area contributed by atoms with Crippen LogP contribution in [0, 0.1) is 13.8 Å². The number of carbonyl (C=O) groups is 1. The number of aryl methyl sites for hydroxylation is 2. The Labute approximate surface area is 164 Å². The van der Waals surface area contributed by atoms with Crippen LogP contribution < -0.4 is 14.8 Å². The van der Waals surface area contributed by atoms with Crippen LogP contribution in [0.3, 0.4) is 0 Å². The van der Waals surface area contributed by atoms with Crippen molar-refractivity contribution in [2.45, 2.75) is 49.0 Å². The fraction of sp³-hybridized carbons (Fsp3) is 0.381. The van der Waals surface area contributed by atoms with Crippen molar-refractivity contribution in [3.63, 3.8) is 0 Å². The molecule has 2 aliphatic heterocycles. The maximum atomic E-state index is 13.5. The van der Waals surface area contributed by atoms with Crippen LogP contribution in [0.15, 0.2) is 41.3 Å². The number of piperidine rings is 1. The maximum absolute atomic E-state index is 13.5. The van der Waals surface area contributed by atoms with Gasteiger partial charge in [0.1, 0.15) is 0 Å². The summed E-state index contributed by atoms with van der Waals surface area (Å²) in [6.07, 6.45) is 0.369. The Hall–Kier alpha value is -2.54. The highest BCUT2D eigenvalue weighted by molar-refractivity contribution is 7.92. The fourth-order valence-corrected chi connectivity index (χ4v) is 6.06. The Morgan fingerprint density at radius 3 is 2.61 bits per heavy atom. The summed E-state index contributed by atoms with van der Waals surface area (Å²) in [7, 11) is -2.36. The lowest BCUT2D eigenvalue weighted by molar-refractivity contribution is -0.132. The summed E-state index contributed by atoms with van der Waals surface area (Å²) in [5, 5.41) is 1.55. The van der Waals surface area contributed by atoms with E-state index in [9.17, 15) is 13.2 Å². The second kappa shape index (κ2) is 6.24. The third-order valence-electron chi connectivity index (χ3n) is 5.72. The number of nitrogens with one attached hydrogen (secondary N) is 1. The molecule has 0 unspecified atom stereocenters. The Bertz CT molecular complexity index is 1080. The molecule has 1 fully saturated rings. The zero-order chi connectivity index (χ0) is 20.3. The molecular weight excluding hydrogens is 378 g/mol. The second-order valence-corrected chi connectivity index (χ2v) is 9.79. The minimum atomic E-state index is -3.90. The number of sulfone groups is 1. The summed E-state index contributed by atoms with van der Waals surface area (Å²) >= 11 is 0. The van der Waals surface area contributed by atoms with E-state index in [0.717, 1.165) is 11.1 Å². The molecule has 6 nitrogen and oxygen atoms in total. The maximum Gasteiger partial charge on any atom is 0.242 e. The van der Waals surface area contributed by atoms with Crippen molar-refractivity contribution in [3.05, 3.63) is 53.1 Å². The molecule has 2 aromatic rings. The van der Waals surface area contributed by atoms with Crippen LogP contribution in [0.2, 0.25) is 0 Å². The molecule has 2 aliphatic rings. The van der Waals surface area contributed by atoms with Crippen LogP contribution in [-0.4, -0.2) is 32.4 Å². The Balaban J connectivity index is 1.88. The molecule has 28 heavy (non-hydrogen) atoms. The number of hydrogen-bond acceptors (Lipinski definition) is 5. The zero-order valence-corrected chi connectivity index (χ0v) is 17.1. The van der Waals surface area contributed by atoms with Gasteiger partial charge in [-0.2, -0.15) is 0 Å². The first-order chi connectivity index (χ1) is 13.2. The Morgan fingerprint density at radius 2 is 1.93 bits per heavy atom. The predicted octanol–water partition coefficient (Wildman–Crippen LogP) is 2.87. The number of benzene rings is 2. The normalized spacial score (nSPS) is 26.1. The molecule has 148 valence electrons. The molecule has 0 aromatic heterocycles. The lowest BCUT2D eigenvalue weighted by Crippen LogP contribution is -2.63. The number of rotatable bonds is 3. The summed E-state index contributed by atoms with van der Waals surface area (Å²) in [6, 6.07) is 10.3. The van der Waals surface area contributed by atoms with Crippen LogP contribution in [0.1, 0.15) is 36.0 Å². The van der Waals surface area contributed by atoms with Gasteiger partial charge in [-0.15, -0.1) is 0 Å². The molecule has 3 atom stereocenters. The molecule has 7 heteroatoms. The van der Waals surface area contributed by atoms with Gasteiger partial charge in [0.25, 0.3) is 0 Å². The number of ether oxygens (including phenoxy) is 2. The van der Waals surface area contributed by atoms with Gasteiger partial charge in [-0.1, -0.05) is 18.2 Å². The van der Waals surface area contributed by atoms with Gasteiger partial charge in [-0.05, 0) is 50.1 Å². The van der Waals surface area contributed by atoms with E-state index in [-0.39, 0.29) is 4.90 Å². The zero-order valence-electron chi connectivity index (χ0n) is 16.3. The van der Waals surface area contributed by atoms with E-state index < -0.39 is 32.6 Å². The average molecular weight is 401 g/mol.